The van der Waals surface area contributed by atoms with Gasteiger partial charge in [0.25, 0.3) is 5.91 Å². The average molecular weight is 490 g/mol. The van der Waals surface area contributed by atoms with Crippen LogP contribution in [0.15, 0.2) is 67.1 Å². The molecule has 0 atom stereocenters. The summed E-state index contributed by atoms with van der Waals surface area (Å²) in [6.45, 7) is 4.00. The maximum Gasteiger partial charge on any atom is 0.257 e. The van der Waals surface area contributed by atoms with Gasteiger partial charge in [0.15, 0.2) is 0 Å². The number of carbonyl (C=O) groups is 1. The lowest BCUT2D eigenvalue weighted by atomic mass is 9.99. The number of nitrogen functional groups attached to an aromatic ring is 1. The van der Waals surface area contributed by atoms with E-state index in [9.17, 15) is 4.79 Å². The monoisotopic (exact) mass is 489 g/mol. The van der Waals surface area contributed by atoms with Gasteiger partial charge in [-0.15, -0.1) is 0 Å². The molecule has 8 heteroatoms. The minimum atomic E-state index is -0.260. The number of carbonyl (C=O) groups excluding carboxylic acids is 1. The molecular weight excluding hydrogens is 462 g/mol. The third-order valence-electron chi connectivity index (χ3n) is 7.00. The molecule has 0 spiro atoms. The molecule has 3 heterocycles. The Labute approximate surface area is 214 Å². The first kappa shape index (κ1) is 22.9. The summed E-state index contributed by atoms with van der Waals surface area (Å²) in [5.41, 5.74) is 12.4. The van der Waals surface area contributed by atoms with Gasteiger partial charge in [-0.3, -0.25) is 4.79 Å². The fourth-order valence-electron chi connectivity index (χ4n) is 5.01. The van der Waals surface area contributed by atoms with Crippen LogP contribution in [-0.2, 0) is 13.0 Å². The summed E-state index contributed by atoms with van der Waals surface area (Å²) in [5.74, 6) is 0.823. The molecule has 184 valence electrons. The maximum absolute atomic E-state index is 13.4. The van der Waals surface area contributed by atoms with Gasteiger partial charge < -0.3 is 21.3 Å². The van der Waals surface area contributed by atoms with Crippen molar-refractivity contribution in [1.82, 2.24) is 19.9 Å². The molecule has 0 radical (unpaired) electrons. The minimum Gasteiger partial charge on any atom is -0.383 e. The molecule has 1 aliphatic rings. The highest BCUT2D eigenvalue weighted by Crippen LogP contribution is 2.33. The highest BCUT2D eigenvalue weighted by molar-refractivity contribution is 6.16. The van der Waals surface area contributed by atoms with Crippen molar-refractivity contribution in [3.05, 3.63) is 89.4 Å². The molecule has 3 aromatic carbocycles. The number of nitrogens with two attached hydrogens (primary N) is 1. The first-order valence-corrected chi connectivity index (χ1v) is 12.2. The van der Waals surface area contributed by atoms with Gasteiger partial charge in [0.2, 0.25) is 0 Å². The van der Waals surface area contributed by atoms with Crippen molar-refractivity contribution in [3.8, 4) is 0 Å². The molecule has 8 nitrogen and oxygen atoms in total. The lowest BCUT2D eigenvalue weighted by molar-refractivity contribution is 0.102. The normalized spacial score (nSPS) is 13.5. The summed E-state index contributed by atoms with van der Waals surface area (Å²) >= 11 is 0. The predicted octanol–water partition coefficient (Wildman–Crippen LogP) is 5.05. The Hall–Kier alpha value is -4.56. The van der Waals surface area contributed by atoms with Crippen molar-refractivity contribution < 1.29 is 4.79 Å². The number of nitrogens with one attached hydrogen (secondary N) is 2. The van der Waals surface area contributed by atoms with Crippen molar-refractivity contribution in [2.24, 2.45) is 0 Å². The Kier molecular flexibility index (Phi) is 5.65. The molecule has 2 aromatic heterocycles. The summed E-state index contributed by atoms with van der Waals surface area (Å²) in [4.78, 5) is 28.7. The van der Waals surface area contributed by atoms with Gasteiger partial charge in [-0.05, 0) is 67.4 Å². The third-order valence-corrected chi connectivity index (χ3v) is 7.00. The quantitative estimate of drug-likeness (QED) is 0.324. The van der Waals surface area contributed by atoms with E-state index in [0.29, 0.717) is 22.3 Å². The molecule has 6 rings (SSSR count). The summed E-state index contributed by atoms with van der Waals surface area (Å²) in [6, 6.07) is 17.8. The molecule has 37 heavy (non-hydrogen) atoms. The Morgan fingerprint density at radius 2 is 1.86 bits per heavy atom. The van der Waals surface area contributed by atoms with Gasteiger partial charge in [-0.1, -0.05) is 24.3 Å². The van der Waals surface area contributed by atoms with E-state index in [1.54, 1.807) is 18.3 Å². The second kappa shape index (κ2) is 9.15. The SMILES string of the molecule is Cc1ccc2c(Nc3ccc4c(c3)CN(C)CC4)nccc2c1NC(=O)c1cccc2c(N)ncnc12. The van der Waals surface area contributed by atoms with Crippen LogP contribution in [-0.4, -0.2) is 39.4 Å². The zero-order valence-electron chi connectivity index (χ0n) is 20.7. The number of hydrogen-bond donors (Lipinski definition) is 3. The van der Waals surface area contributed by atoms with Crippen molar-refractivity contribution in [3.63, 3.8) is 0 Å². The van der Waals surface area contributed by atoms with Crippen LogP contribution < -0.4 is 16.4 Å². The molecule has 0 aliphatic carbocycles. The lowest BCUT2D eigenvalue weighted by Gasteiger charge is -2.25. The molecule has 0 fully saturated rings. The minimum absolute atomic E-state index is 0.260. The lowest BCUT2D eigenvalue weighted by Crippen LogP contribution is -2.26. The molecule has 4 N–H and O–H groups in total. The van der Waals surface area contributed by atoms with Crippen LogP contribution in [0.5, 0.6) is 0 Å². The Balaban J connectivity index is 1.36. The van der Waals surface area contributed by atoms with E-state index in [1.807, 2.05) is 31.2 Å². The van der Waals surface area contributed by atoms with E-state index in [2.05, 4.69) is 55.7 Å². The van der Waals surface area contributed by atoms with Crippen LogP contribution >= 0.6 is 0 Å². The maximum atomic E-state index is 13.4. The highest BCUT2D eigenvalue weighted by Gasteiger charge is 2.17. The average Bonchev–Trinajstić information content (AvgIpc) is 2.90. The van der Waals surface area contributed by atoms with Crippen molar-refractivity contribution in [1.29, 1.82) is 0 Å². The van der Waals surface area contributed by atoms with Crippen molar-refractivity contribution in [2.45, 2.75) is 19.9 Å². The van der Waals surface area contributed by atoms with E-state index in [1.165, 1.54) is 17.5 Å². The second-order valence-corrected chi connectivity index (χ2v) is 9.52. The number of likely N-dealkylation sites (N-methyl/N-ethyl adjacent to an activating group) is 1. The zero-order chi connectivity index (χ0) is 25.5. The van der Waals surface area contributed by atoms with Gasteiger partial charge in [-0.25, -0.2) is 15.0 Å². The first-order valence-electron chi connectivity index (χ1n) is 12.2. The van der Waals surface area contributed by atoms with Crippen LogP contribution in [0.4, 0.5) is 23.0 Å². The second-order valence-electron chi connectivity index (χ2n) is 9.52. The van der Waals surface area contributed by atoms with Crippen molar-refractivity contribution in [2.75, 3.05) is 30.0 Å². The molecule has 1 amide bonds. The van der Waals surface area contributed by atoms with Crippen LogP contribution in [0, 0.1) is 6.92 Å². The fourth-order valence-corrected chi connectivity index (χ4v) is 5.01. The molecule has 0 bridgehead atoms. The summed E-state index contributed by atoms with van der Waals surface area (Å²) in [6.07, 6.45) is 4.20. The Bertz CT molecular complexity index is 1680. The number of amides is 1. The smallest absolute Gasteiger partial charge is 0.257 e. The first-order chi connectivity index (χ1) is 18.0. The topological polar surface area (TPSA) is 109 Å². The van der Waals surface area contributed by atoms with Gasteiger partial charge in [0, 0.05) is 41.1 Å². The molecular formula is C29H27N7O. The Morgan fingerprint density at radius 1 is 0.973 bits per heavy atom. The largest absolute Gasteiger partial charge is 0.383 e. The van der Waals surface area contributed by atoms with Crippen LogP contribution in [0.2, 0.25) is 0 Å². The number of aryl methyl sites for hydroxylation is 1. The Morgan fingerprint density at radius 3 is 2.76 bits per heavy atom. The molecule has 0 saturated carbocycles. The number of aromatic nitrogens is 3. The van der Waals surface area contributed by atoms with Gasteiger partial charge >= 0.3 is 0 Å². The number of rotatable bonds is 4. The van der Waals surface area contributed by atoms with E-state index in [4.69, 9.17) is 5.73 Å². The van der Waals surface area contributed by atoms with Crippen LogP contribution in [0.3, 0.4) is 0 Å². The number of nitrogens with zero attached hydrogens (tertiary/aromatic N) is 4. The molecule has 0 unspecified atom stereocenters. The van der Waals surface area contributed by atoms with Gasteiger partial charge in [-0.2, -0.15) is 0 Å². The van der Waals surface area contributed by atoms with Gasteiger partial charge in [0.1, 0.15) is 18.0 Å². The van der Waals surface area contributed by atoms with Crippen LogP contribution in [0.1, 0.15) is 27.0 Å². The fraction of sp³-hybridized carbons (Fsp3) is 0.172. The van der Waals surface area contributed by atoms with Crippen LogP contribution in [0.25, 0.3) is 21.7 Å². The van der Waals surface area contributed by atoms with E-state index in [-0.39, 0.29) is 5.91 Å². The number of fused-ring (bicyclic) bond motifs is 3. The summed E-state index contributed by atoms with van der Waals surface area (Å²) in [5, 5.41) is 9.09. The number of pyridine rings is 1. The summed E-state index contributed by atoms with van der Waals surface area (Å²) < 4.78 is 0. The number of anilines is 4. The van der Waals surface area contributed by atoms with E-state index in [0.717, 1.165) is 53.0 Å². The number of hydrogen-bond acceptors (Lipinski definition) is 7. The van der Waals surface area contributed by atoms with Gasteiger partial charge in [0.05, 0.1) is 16.8 Å². The number of benzene rings is 3. The highest BCUT2D eigenvalue weighted by atomic mass is 16.1. The summed E-state index contributed by atoms with van der Waals surface area (Å²) in [7, 11) is 2.15. The molecule has 1 aliphatic heterocycles. The predicted molar refractivity (Wildman–Crippen MR) is 148 cm³/mol. The number of para-hydroxylation sites is 1. The van der Waals surface area contributed by atoms with Crippen molar-refractivity contribution >= 4 is 50.6 Å². The third kappa shape index (κ3) is 4.21. The standard InChI is InChI=1S/C29H27N7O/c1-17-6-9-22-21(25(17)35-29(37)24-5-3-4-23-26(24)32-16-33-27(23)30)10-12-31-28(22)34-20-8-7-18-11-13-36(2)15-19(18)14-20/h3-10,12,14,16H,11,13,15H2,1-2H3,(H,31,34)(H,35,37)(H2,30,32,33). The molecule has 5 aromatic rings. The zero-order valence-corrected chi connectivity index (χ0v) is 20.7. The van der Waals surface area contributed by atoms with E-state index >= 15 is 0 Å². The van der Waals surface area contributed by atoms with E-state index < -0.39 is 0 Å². The molecule has 0 saturated heterocycles.